The van der Waals surface area contributed by atoms with Crippen molar-refractivity contribution >= 4 is 11.9 Å². The lowest BCUT2D eigenvalue weighted by atomic mass is 10.2. The highest BCUT2D eigenvalue weighted by molar-refractivity contribution is 5.82. The minimum absolute atomic E-state index is 0.166. The number of rotatable bonds is 7. The molecule has 3 aliphatic rings. The molecule has 160 valence electrons. The number of hydrogen-bond acceptors (Lipinski definition) is 5. The molecule has 8 heteroatoms. The first-order chi connectivity index (χ1) is 13.7. The Morgan fingerprint density at radius 2 is 1.93 bits per heavy atom. The maximum atomic E-state index is 12.5. The molecule has 3 fully saturated rings. The smallest absolute Gasteiger partial charge is 0.251 e. The van der Waals surface area contributed by atoms with Crippen LogP contribution in [0.3, 0.4) is 0 Å². The van der Waals surface area contributed by atoms with Crippen LogP contribution in [0.2, 0.25) is 0 Å². The third-order valence-electron chi connectivity index (χ3n) is 5.96. The highest BCUT2D eigenvalue weighted by Crippen LogP contribution is 2.18. The number of methoxy groups -OCH3 is 1. The van der Waals surface area contributed by atoms with E-state index in [0.717, 1.165) is 84.4 Å². The Hall–Kier alpha value is -1.38. The fourth-order valence-electron chi connectivity index (χ4n) is 4.34. The van der Waals surface area contributed by atoms with Crippen LogP contribution in [0.25, 0.3) is 0 Å². The zero-order valence-electron chi connectivity index (χ0n) is 17.6. The van der Waals surface area contributed by atoms with Crippen LogP contribution >= 0.6 is 0 Å². The SMILES string of the molecule is CCNC(=NCC1CCCN1CCOC)N1CCN(C(=O)C2CCCO2)CC1. The molecule has 1 amide bonds. The molecule has 0 aliphatic carbocycles. The number of piperazine rings is 1. The number of nitrogens with zero attached hydrogens (tertiary/aromatic N) is 4. The van der Waals surface area contributed by atoms with E-state index in [0.29, 0.717) is 6.04 Å². The molecular weight excluding hydrogens is 358 g/mol. The van der Waals surface area contributed by atoms with E-state index in [9.17, 15) is 4.79 Å². The van der Waals surface area contributed by atoms with Crippen LogP contribution in [0, 0.1) is 0 Å². The first kappa shape index (κ1) is 21.3. The van der Waals surface area contributed by atoms with Gasteiger partial charge in [-0.05, 0) is 39.2 Å². The van der Waals surface area contributed by atoms with Crippen molar-refractivity contribution in [2.45, 2.75) is 44.8 Å². The molecule has 0 saturated carbocycles. The van der Waals surface area contributed by atoms with Gasteiger partial charge in [-0.3, -0.25) is 14.7 Å². The highest BCUT2D eigenvalue weighted by Gasteiger charge is 2.31. The lowest BCUT2D eigenvalue weighted by Gasteiger charge is -2.37. The van der Waals surface area contributed by atoms with E-state index < -0.39 is 0 Å². The van der Waals surface area contributed by atoms with E-state index in [1.165, 1.54) is 12.8 Å². The van der Waals surface area contributed by atoms with E-state index >= 15 is 0 Å². The maximum Gasteiger partial charge on any atom is 0.251 e. The van der Waals surface area contributed by atoms with Crippen LogP contribution in [0.4, 0.5) is 0 Å². The van der Waals surface area contributed by atoms with Crippen LogP contribution in [-0.2, 0) is 14.3 Å². The average Bonchev–Trinajstić information content (AvgIpc) is 3.41. The van der Waals surface area contributed by atoms with Crippen molar-refractivity contribution in [1.82, 2.24) is 20.0 Å². The van der Waals surface area contributed by atoms with Gasteiger partial charge in [-0.15, -0.1) is 0 Å². The molecule has 0 aromatic carbocycles. The zero-order chi connectivity index (χ0) is 19.8. The third kappa shape index (κ3) is 5.58. The fourth-order valence-corrected chi connectivity index (χ4v) is 4.34. The van der Waals surface area contributed by atoms with Gasteiger partial charge in [-0.1, -0.05) is 0 Å². The Morgan fingerprint density at radius 1 is 1.14 bits per heavy atom. The summed E-state index contributed by atoms with van der Waals surface area (Å²) in [5, 5.41) is 3.44. The number of ether oxygens (including phenoxy) is 2. The molecule has 3 saturated heterocycles. The number of amides is 1. The average molecular weight is 396 g/mol. The minimum atomic E-state index is -0.214. The quantitative estimate of drug-likeness (QED) is 0.497. The van der Waals surface area contributed by atoms with Crippen molar-refractivity contribution in [3.63, 3.8) is 0 Å². The lowest BCUT2D eigenvalue weighted by Crippen LogP contribution is -2.55. The van der Waals surface area contributed by atoms with Gasteiger partial charge in [-0.25, -0.2) is 0 Å². The summed E-state index contributed by atoms with van der Waals surface area (Å²) in [4.78, 5) is 24.2. The predicted octanol–water partition coefficient (Wildman–Crippen LogP) is 0.386. The molecule has 3 heterocycles. The van der Waals surface area contributed by atoms with Crippen molar-refractivity contribution in [3.8, 4) is 0 Å². The molecule has 1 N–H and O–H groups in total. The number of carbonyl (C=O) groups is 1. The van der Waals surface area contributed by atoms with Gasteiger partial charge in [0.2, 0.25) is 0 Å². The normalized spacial score (nSPS) is 26.9. The second-order valence-corrected chi connectivity index (χ2v) is 7.83. The summed E-state index contributed by atoms with van der Waals surface area (Å²) in [5.41, 5.74) is 0. The molecule has 3 rings (SSSR count). The summed E-state index contributed by atoms with van der Waals surface area (Å²) in [6.45, 7) is 10.5. The number of guanidine groups is 1. The molecule has 0 aromatic rings. The van der Waals surface area contributed by atoms with Crippen molar-refractivity contribution < 1.29 is 14.3 Å². The Balaban J connectivity index is 1.51. The zero-order valence-corrected chi connectivity index (χ0v) is 17.6. The Bertz CT molecular complexity index is 516. The minimum Gasteiger partial charge on any atom is -0.383 e. The topological polar surface area (TPSA) is 69.6 Å². The monoisotopic (exact) mass is 395 g/mol. The van der Waals surface area contributed by atoms with Gasteiger partial charge in [0, 0.05) is 59.0 Å². The summed E-state index contributed by atoms with van der Waals surface area (Å²) in [5.74, 6) is 1.14. The van der Waals surface area contributed by atoms with E-state index in [2.05, 4.69) is 22.0 Å². The van der Waals surface area contributed by atoms with Crippen LogP contribution in [0.5, 0.6) is 0 Å². The molecule has 2 unspecified atom stereocenters. The van der Waals surface area contributed by atoms with Gasteiger partial charge in [0.25, 0.3) is 5.91 Å². The fraction of sp³-hybridized carbons (Fsp3) is 0.900. The molecule has 0 aromatic heterocycles. The molecule has 0 radical (unpaired) electrons. The van der Waals surface area contributed by atoms with Gasteiger partial charge in [-0.2, -0.15) is 0 Å². The molecule has 0 bridgehead atoms. The Morgan fingerprint density at radius 3 is 2.61 bits per heavy atom. The van der Waals surface area contributed by atoms with Crippen LogP contribution in [-0.4, -0.2) is 111 Å². The predicted molar refractivity (Wildman–Crippen MR) is 110 cm³/mol. The Kier molecular flexibility index (Phi) is 8.36. The molecular formula is C20H37N5O3. The van der Waals surface area contributed by atoms with E-state index in [1.54, 1.807) is 7.11 Å². The van der Waals surface area contributed by atoms with Gasteiger partial charge in [0.1, 0.15) is 6.10 Å². The second-order valence-electron chi connectivity index (χ2n) is 7.83. The van der Waals surface area contributed by atoms with Gasteiger partial charge in [0.15, 0.2) is 5.96 Å². The van der Waals surface area contributed by atoms with E-state index in [4.69, 9.17) is 14.5 Å². The van der Waals surface area contributed by atoms with Gasteiger partial charge in [0.05, 0.1) is 13.2 Å². The summed E-state index contributed by atoms with van der Waals surface area (Å²) in [6, 6.07) is 0.506. The van der Waals surface area contributed by atoms with E-state index in [1.807, 2.05) is 4.90 Å². The maximum absolute atomic E-state index is 12.5. The van der Waals surface area contributed by atoms with Crippen molar-refractivity contribution in [2.24, 2.45) is 4.99 Å². The van der Waals surface area contributed by atoms with Crippen molar-refractivity contribution in [3.05, 3.63) is 0 Å². The summed E-state index contributed by atoms with van der Waals surface area (Å²) in [6.07, 6.45) is 4.09. The molecule has 0 spiro atoms. The van der Waals surface area contributed by atoms with Crippen molar-refractivity contribution in [1.29, 1.82) is 0 Å². The van der Waals surface area contributed by atoms with Gasteiger partial charge < -0.3 is 24.6 Å². The number of aliphatic imine (C=N–C) groups is 1. The lowest BCUT2D eigenvalue weighted by molar-refractivity contribution is -0.142. The van der Waals surface area contributed by atoms with Crippen LogP contribution in [0.1, 0.15) is 32.6 Å². The molecule has 8 nitrogen and oxygen atoms in total. The number of nitrogens with one attached hydrogen (secondary N) is 1. The van der Waals surface area contributed by atoms with Crippen LogP contribution in [0.15, 0.2) is 4.99 Å². The summed E-state index contributed by atoms with van der Waals surface area (Å²) in [7, 11) is 1.76. The number of hydrogen-bond donors (Lipinski definition) is 1. The Labute approximate surface area is 169 Å². The highest BCUT2D eigenvalue weighted by atomic mass is 16.5. The van der Waals surface area contributed by atoms with Crippen molar-refractivity contribution in [2.75, 3.05) is 72.7 Å². The third-order valence-corrected chi connectivity index (χ3v) is 5.96. The molecule has 3 aliphatic heterocycles. The van der Waals surface area contributed by atoms with Gasteiger partial charge >= 0.3 is 0 Å². The number of likely N-dealkylation sites (tertiary alicyclic amines) is 1. The molecule has 28 heavy (non-hydrogen) atoms. The largest absolute Gasteiger partial charge is 0.383 e. The molecule has 2 atom stereocenters. The van der Waals surface area contributed by atoms with Crippen LogP contribution < -0.4 is 5.32 Å². The van der Waals surface area contributed by atoms with E-state index in [-0.39, 0.29) is 12.0 Å². The summed E-state index contributed by atoms with van der Waals surface area (Å²) >= 11 is 0. The second kappa shape index (κ2) is 11.0. The first-order valence-electron chi connectivity index (χ1n) is 10.9. The first-order valence-corrected chi connectivity index (χ1v) is 10.9. The summed E-state index contributed by atoms with van der Waals surface area (Å²) < 4.78 is 10.8. The standard InChI is InChI=1S/C20H37N5O3/c1-3-21-20(22-16-17-6-4-8-23(17)13-15-27-2)25-11-9-24(10-12-25)19(26)18-7-5-14-28-18/h17-18H,3-16H2,1-2H3,(H,21,22). The number of carbonyl (C=O) groups excluding carboxylic acids is 1.